The maximum absolute atomic E-state index is 11.6. The van der Waals surface area contributed by atoms with Gasteiger partial charge in [-0.2, -0.15) is 0 Å². The minimum Gasteiger partial charge on any atom is -0.380 e. The van der Waals surface area contributed by atoms with E-state index in [9.17, 15) is 4.79 Å². The van der Waals surface area contributed by atoms with Gasteiger partial charge >= 0.3 is 0 Å². The lowest BCUT2D eigenvalue weighted by molar-refractivity contribution is 0.0963. The molecule has 2 rings (SSSR count). The Balaban J connectivity index is 2.06. The maximum atomic E-state index is 11.6. The van der Waals surface area contributed by atoms with E-state index in [1.807, 2.05) is 0 Å². The average molecular weight is 306 g/mol. The molecule has 112 valence electrons. The molecule has 1 aromatic heterocycles. The second kappa shape index (κ2) is 7.18. The van der Waals surface area contributed by atoms with Crippen LogP contribution >= 0.6 is 11.6 Å². The fourth-order valence-corrected chi connectivity index (χ4v) is 2.32. The van der Waals surface area contributed by atoms with Crippen molar-refractivity contribution in [3.63, 3.8) is 0 Å². The van der Waals surface area contributed by atoms with Crippen LogP contribution in [0.25, 0.3) is 0 Å². The van der Waals surface area contributed by atoms with Gasteiger partial charge in [-0.3, -0.25) is 4.79 Å². The molecule has 4 nitrogen and oxygen atoms in total. The molecular weight excluding hydrogens is 286 g/mol. The Morgan fingerprint density at radius 3 is 2.86 bits per heavy atom. The van der Waals surface area contributed by atoms with E-state index in [-0.39, 0.29) is 5.91 Å². The van der Waals surface area contributed by atoms with Crippen LogP contribution in [0.2, 0.25) is 5.02 Å². The van der Waals surface area contributed by atoms with Gasteiger partial charge in [0.25, 0.3) is 5.91 Å². The van der Waals surface area contributed by atoms with Crippen LogP contribution in [0.1, 0.15) is 29.3 Å². The number of hydrogen-bond acceptors (Lipinski definition) is 2. The van der Waals surface area contributed by atoms with E-state index in [1.54, 1.807) is 25.2 Å². The molecule has 0 fully saturated rings. The lowest BCUT2D eigenvalue weighted by Gasteiger charge is -2.09. The molecule has 0 aliphatic rings. The number of rotatable bonds is 6. The van der Waals surface area contributed by atoms with Gasteiger partial charge in [-0.15, -0.1) is 0 Å². The molecule has 1 aromatic carbocycles. The number of hydrogen-bond donors (Lipinski definition) is 2. The van der Waals surface area contributed by atoms with Crippen molar-refractivity contribution >= 4 is 23.2 Å². The van der Waals surface area contributed by atoms with Gasteiger partial charge in [-0.25, -0.2) is 0 Å². The number of benzene rings is 1. The second-order valence-corrected chi connectivity index (χ2v) is 5.29. The summed E-state index contributed by atoms with van der Waals surface area (Å²) in [6.07, 6.45) is 5.30. The van der Waals surface area contributed by atoms with Gasteiger partial charge in [0.15, 0.2) is 0 Å². The lowest BCUT2D eigenvalue weighted by Crippen LogP contribution is -2.17. The van der Waals surface area contributed by atoms with Gasteiger partial charge < -0.3 is 15.2 Å². The highest BCUT2D eigenvalue weighted by Gasteiger charge is 2.07. The van der Waals surface area contributed by atoms with Crippen molar-refractivity contribution in [3.05, 3.63) is 52.8 Å². The normalized spacial score (nSPS) is 10.4. The first-order chi connectivity index (χ1) is 10.1. The van der Waals surface area contributed by atoms with Crippen LogP contribution in [-0.4, -0.2) is 17.5 Å². The number of carbonyl (C=O) groups is 1. The van der Waals surface area contributed by atoms with Crippen molar-refractivity contribution in [2.24, 2.45) is 0 Å². The highest BCUT2D eigenvalue weighted by molar-refractivity contribution is 6.33. The highest BCUT2D eigenvalue weighted by atomic mass is 35.5. The number of anilines is 1. The summed E-state index contributed by atoms with van der Waals surface area (Å²) >= 11 is 6.17. The Hall–Kier alpha value is -1.94. The minimum absolute atomic E-state index is 0.121. The zero-order valence-corrected chi connectivity index (χ0v) is 13.1. The van der Waals surface area contributed by atoms with Crippen molar-refractivity contribution in [1.29, 1.82) is 0 Å². The predicted octanol–water partition coefficient (Wildman–Crippen LogP) is 3.52. The van der Waals surface area contributed by atoms with Crippen LogP contribution in [0.15, 0.2) is 36.7 Å². The van der Waals surface area contributed by atoms with Crippen LogP contribution in [0.5, 0.6) is 0 Å². The van der Waals surface area contributed by atoms with E-state index in [2.05, 4.69) is 40.6 Å². The van der Waals surface area contributed by atoms with E-state index in [1.165, 1.54) is 5.56 Å². The molecule has 0 saturated heterocycles. The third-order valence-electron chi connectivity index (χ3n) is 3.23. The topological polar surface area (TPSA) is 46.1 Å². The van der Waals surface area contributed by atoms with Gasteiger partial charge in [0.05, 0.1) is 10.7 Å². The summed E-state index contributed by atoms with van der Waals surface area (Å²) in [5.41, 5.74) is 2.54. The molecule has 2 N–H and O–H groups in total. The zero-order chi connectivity index (χ0) is 15.2. The SMILES string of the molecule is CCCn1ccc(CNc2cc(C(=O)NC)ccc2Cl)c1. The number of halogens is 1. The van der Waals surface area contributed by atoms with Crippen molar-refractivity contribution in [3.8, 4) is 0 Å². The molecule has 0 radical (unpaired) electrons. The Kier molecular flexibility index (Phi) is 5.28. The molecule has 0 saturated carbocycles. The predicted molar refractivity (Wildman–Crippen MR) is 86.9 cm³/mol. The summed E-state index contributed by atoms with van der Waals surface area (Å²) in [5, 5.41) is 6.49. The first-order valence-electron chi connectivity index (χ1n) is 7.04. The van der Waals surface area contributed by atoms with Crippen LogP contribution in [0.3, 0.4) is 0 Å². The van der Waals surface area contributed by atoms with E-state index in [0.717, 1.165) is 18.7 Å². The number of aryl methyl sites for hydroxylation is 1. The summed E-state index contributed by atoms with van der Waals surface area (Å²) < 4.78 is 2.17. The van der Waals surface area contributed by atoms with Crippen LogP contribution < -0.4 is 10.6 Å². The smallest absolute Gasteiger partial charge is 0.251 e. The summed E-state index contributed by atoms with van der Waals surface area (Å²) in [6, 6.07) is 7.30. The van der Waals surface area contributed by atoms with Crippen LogP contribution in [0.4, 0.5) is 5.69 Å². The number of nitrogens with one attached hydrogen (secondary N) is 2. The van der Waals surface area contributed by atoms with Crippen LogP contribution in [0, 0.1) is 0 Å². The van der Waals surface area contributed by atoms with Gasteiger partial charge in [0.1, 0.15) is 0 Å². The quantitative estimate of drug-likeness (QED) is 0.857. The molecule has 0 spiro atoms. The first kappa shape index (κ1) is 15.4. The number of amides is 1. The third-order valence-corrected chi connectivity index (χ3v) is 3.56. The van der Waals surface area contributed by atoms with Crippen LogP contribution in [-0.2, 0) is 13.1 Å². The Morgan fingerprint density at radius 2 is 2.14 bits per heavy atom. The summed E-state index contributed by atoms with van der Waals surface area (Å²) in [4.78, 5) is 11.6. The monoisotopic (exact) mass is 305 g/mol. The molecule has 0 aliphatic heterocycles. The fraction of sp³-hybridized carbons (Fsp3) is 0.312. The van der Waals surface area contributed by atoms with Crippen molar-refractivity contribution in [2.45, 2.75) is 26.4 Å². The minimum atomic E-state index is -0.121. The average Bonchev–Trinajstić information content (AvgIpc) is 2.93. The van der Waals surface area contributed by atoms with Crippen molar-refractivity contribution in [1.82, 2.24) is 9.88 Å². The second-order valence-electron chi connectivity index (χ2n) is 4.88. The summed E-state index contributed by atoms with van der Waals surface area (Å²) in [7, 11) is 1.61. The molecular formula is C16H20ClN3O. The van der Waals surface area contributed by atoms with Crippen molar-refractivity contribution in [2.75, 3.05) is 12.4 Å². The maximum Gasteiger partial charge on any atom is 0.251 e. The molecule has 5 heteroatoms. The van der Waals surface area contributed by atoms with Gasteiger partial charge in [0.2, 0.25) is 0 Å². The summed E-state index contributed by atoms with van der Waals surface area (Å²) in [6.45, 7) is 3.85. The van der Waals surface area contributed by atoms with E-state index in [0.29, 0.717) is 17.1 Å². The molecule has 21 heavy (non-hydrogen) atoms. The van der Waals surface area contributed by atoms with Gasteiger partial charge in [-0.1, -0.05) is 18.5 Å². The molecule has 0 aliphatic carbocycles. The molecule has 0 unspecified atom stereocenters. The van der Waals surface area contributed by atoms with Gasteiger partial charge in [0, 0.05) is 38.1 Å². The Labute approximate surface area is 130 Å². The molecule has 0 atom stereocenters. The largest absolute Gasteiger partial charge is 0.380 e. The molecule has 2 aromatic rings. The number of aromatic nitrogens is 1. The highest BCUT2D eigenvalue weighted by Crippen LogP contribution is 2.23. The standard InChI is InChI=1S/C16H20ClN3O/c1-3-7-20-8-6-12(11-20)10-19-15-9-13(16(21)18-2)4-5-14(15)17/h4-6,8-9,11,19H,3,7,10H2,1-2H3,(H,18,21). The molecule has 1 heterocycles. The third kappa shape index (κ3) is 4.02. The number of nitrogens with zero attached hydrogens (tertiary/aromatic N) is 1. The lowest BCUT2D eigenvalue weighted by atomic mass is 10.2. The van der Waals surface area contributed by atoms with E-state index >= 15 is 0 Å². The summed E-state index contributed by atoms with van der Waals surface area (Å²) in [5.74, 6) is -0.121. The fourth-order valence-electron chi connectivity index (χ4n) is 2.14. The Bertz CT molecular complexity index is 622. The zero-order valence-electron chi connectivity index (χ0n) is 12.3. The van der Waals surface area contributed by atoms with Crippen molar-refractivity contribution < 1.29 is 4.79 Å². The van der Waals surface area contributed by atoms with Gasteiger partial charge in [-0.05, 0) is 36.2 Å². The van der Waals surface area contributed by atoms with E-state index in [4.69, 9.17) is 11.6 Å². The van der Waals surface area contributed by atoms with E-state index < -0.39 is 0 Å². The Morgan fingerprint density at radius 1 is 1.33 bits per heavy atom. The number of carbonyl (C=O) groups excluding carboxylic acids is 1. The molecule has 0 bridgehead atoms. The molecule has 1 amide bonds. The first-order valence-corrected chi connectivity index (χ1v) is 7.42.